The molecule has 0 saturated heterocycles. The first kappa shape index (κ1) is 18.7. The van der Waals surface area contributed by atoms with Crippen LogP contribution < -0.4 is 5.56 Å². The molecule has 1 aromatic carbocycles. The molecule has 0 atom stereocenters. The first-order chi connectivity index (χ1) is 13.5. The second kappa shape index (κ2) is 7.42. The quantitative estimate of drug-likeness (QED) is 0.537. The molecule has 3 aromatic heterocycles. The number of methoxy groups -OCH3 is 1. The Balaban J connectivity index is 1.69. The standard InChI is InChI=1S/C19H16FN3O3S2/c1-23(8-14-21-12-6-7-27-17(12)18(24)22-14)19(25)16-10(9-26-2)15-11(20)4-3-5-13(15)28-16/h3-7H,8-9H2,1-2H3,(H,21,22,24). The van der Waals surface area contributed by atoms with Gasteiger partial charge in [-0.25, -0.2) is 9.37 Å². The second-order valence-electron chi connectivity index (χ2n) is 6.26. The van der Waals surface area contributed by atoms with E-state index in [0.717, 1.165) is 0 Å². The van der Waals surface area contributed by atoms with E-state index >= 15 is 0 Å². The molecule has 28 heavy (non-hydrogen) atoms. The van der Waals surface area contributed by atoms with Crippen LogP contribution >= 0.6 is 22.7 Å². The Morgan fingerprint density at radius 1 is 1.36 bits per heavy atom. The second-order valence-corrected chi connectivity index (χ2v) is 8.23. The fourth-order valence-corrected chi connectivity index (χ4v) is 5.03. The Bertz CT molecular complexity index is 1240. The number of H-pyrrole nitrogens is 1. The van der Waals surface area contributed by atoms with Crippen LogP contribution in [-0.2, 0) is 17.9 Å². The molecule has 1 N–H and O–H groups in total. The molecule has 0 radical (unpaired) electrons. The monoisotopic (exact) mass is 417 g/mol. The van der Waals surface area contributed by atoms with Crippen molar-refractivity contribution in [2.45, 2.75) is 13.2 Å². The number of carbonyl (C=O) groups excluding carboxylic acids is 1. The molecule has 4 aromatic rings. The fraction of sp³-hybridized carbons (Fsp3) is 0.211. The van der Waals surface area contributed by atoms with Crippen molar-refractivity contribution in [2.24, 2.45) is 0 Å². The lowest BCUT2D eigenvalue weighted by atomic mass is 10.1. The number of rotatable bonds is 5. The zero-order valence-electron chi connectivity index (χ0n) is 15.1. The van der Waals surface area contributed by atoms with E-state index in [1.807, 2.05) is 0 Å². The highest BCUT2D eigenvalue weighted by Crippen LogP contribution is 2.34. The number of halogens is 1. The topological polar surface area (TPSA) is 75.3 Å². The number of hydrogen-bond donors (Lipinski definition) is 1. The zero-order valence-corrected chi connectivity index (χ0v) is 16.7. The number of nitrogens with one attached hydrogen (secondary N) is 1. The van der Waals surface area contributed by atoms with E-state index in [2.05, 4.69) is 9.97 Å². The van der Waals surface area contributed by atoms with E-state index in [-0.39, 0.29) is 30.4 Å². The Morgan fingerprint density at radius 2 is 2.18 bits per heavy atom. The first-order valence-electron chi connectivity index (χ1n) is 8.40. The Kier molecular flexibility index (Phi) is 4.96. The molecule has 0 bridgehead atoms. The average molecular weight is 417 g/mol. The molecule has 6 nitrogen and oxygen atoms in total. The maximum Gasteiger partial charge on any atom is 0.268 e. The van der Waals surface area contributed by atoms with Gasteiger partial charge in [-0.3, -0.25) is 9.59 Å². The van der Waals surface area contributed by atoms with E-state index in [1.54, 1.807) is 30.6 Å². The SMILES string of the molecule is COCc1c(C(=O)N(C)Cc2nc3ccsc3c(=O)[nH]2)sc2cccc(F)c12. The number of carbonyl (C=O) groups is 1. The van der Waals surface area contributed by atoms with Crippen LogP contribution in [0, 0.1) is 5.82 Å². The van der Waals surface area contributed by atoms with E-state index in [4.69, 9.17) is 4.74 Å². The molecule has 0 aliphatic heterocycles. The lowest BCUT2D eigenvalue weighted by Gasteiger charge is -2.16. The van der Waals surface area contributed by atoms with Crippen molar-refractivity contribution in [1.82, 2.24) is 14.9 Å². The summed E-state index contributed by atoms with van der Waals surface area (Å²) < 4.78 is 20.8. The number of benzene rings is 1. The maximum absolute atomic E-state index is 14.3. The van der Waals surface area contributed by atoms with Gasteiger partial charge in [-0.05, 0) is 23.6 Å². The van der Waals surface area contributed by atoms with Crippen molar-refractivity contribution in [3.05, 3.63) is 62.1 Å². The van der Waals surface area contributed by atoms with E-state index in [0.29, 0.717) is 36.6 Å². The minimum Gasteiger partial charge on any atom is -0.380 e. The van der Waals surface area contributed by atoms with Gasteiger partial charge in [-0.2, -0.15) is 0 Å². The van der Waals surface area contributed by atoms with E-state index in [9.17, 15) is 14.0 Å². The number of fused-ring (bicyclic) bond motifs is 2. The smallest absolute Gasteiger partial charge is 0.268 e. The molecule has 144 valence electrons. The summed E-state index contributed by atoms with van der Waals surface area (Å²) in [6, 6.07) is 6.54. The highest BCUT2D eigenvalue weighted by molar-refractivity contribution is 7.21. The summed E-state index contributed by atoms with van der Waals surface area (Å²) in [6.07, 6.45) is 0. The lowest BCUT2D eigenvalue weighted by molar-refractivity contribution is 0.0782. The molecule has 0 unspecified atom stereocenters. The highest BCUT2D eigenvalue weighted by atomic mass is 32.1. The van der Waals surface area contributed by atoms with Gasteiger partial charge in [0.05, 0.1) is 23.5 Å². The first-order valence-corrected chi connectivity index (χ1v) is 10.1. The summed E-state index contributed by atoms with van der Waals surface area (Å²) >= 11 is 2.55. The summed E-state index contributed by atoms with van der Waals surface area (Å²) in [4.78, 5) is 34.2. The van der Waals surface area contributed by atoms with Gasteiger partial charge in [0.25, 0.3) is 11.5 Å². The van der Waals surface area contributed by atoms with Crippen LogP contribution in [0.15, 0.2) is 34.4 Å². The third-order valence-electron chi connectivity index (χ3n) is 4.34. The zero-order chi connectivity index (χ0) is 19.8. The van der Waals surface area contributed by atoms with Gasteiger partial charge in [-0.15, -0.1) is 22.7 Å². The highest BCUT2D eigenvalue weighted by Gasteiger charge is 2.23. The van der Waals surface area contributed by atoms with Crippen LogP contribution in [0.25, 0.3) is 20.3 Å². The van der Waals surface area contributed by atoms with Crippen LogP contribution in [0.4, 0.5) is 4.39 Å². The summed E-state index contributed by atoms with van der Waals surface area (Å²) in [6.45, 7) is 0.259. The molecular formula is C19H16FN3O3S2. The number of aromatic amines is 1. The van der Waals surface area contributed by atoms with Gasteiger partial charge in [0.2, 0.25) is 0 Å². The van der Waals surface area contributed by atoms with Crippen LogP contribution in [0.3, 0.4) is 0 Å². The molecule has 9 heteroatoms. The predicted molar refractivity (Wildman–Crippen MR) is 109 cm³/mol. The average Bonchev–Trinajstić information content (AvgIpc) is 3.27. The minimum absolute atomic E-state index is 0.128. The van der Waals surface area contributed by atoms with E-state index in [1.165, 1.54) is 40.7 Å². The van der Waals surface area contributed by atoms with Gasteiger partial charge in [0.1, 0.15) is 16.3 Å². The van der Waals surface area contributed by atoms with Crippen LogP contribution in [-0.4, -0.2) is 34.9 Å². The largest absolute Gasteiger partial charge is 0.380 e. The number of thiophene rings is 2. The maximum atomic E-state index is 14.3. The lowest BCUT2D eigenvalue weighted by Crippen LogP contribution is -2.28. The molecule has 0 aliphatic rings. The van der Waals surface area contributed by atoms with Gasteiger partial charge >= 0.3 is 0 Å². The minimum atomic E-state index is -0.378. The number of nitrogens with zero attached hydrogens (tertiary/aromatic N) is 2. The van der Waals surface area contributed by atoms with Crippen molar-refractivity contribution in [3.63, 3.8) is 0 Å². The molecule has 3 heterocycles. The number of ether oxygens (including phenoxy) is 1. The molecule has 0 spiro atoms. The van der Waals surface area contributed by atoms with Crippen molar-refractivity contribution in [3.8, 4) is 0 Å². The Morgan fingerprint density at radius 3 is 2.96 bits per heavy atom. The van der Waals surface area contributed by atoms with Gasteiger partial charge < -0.3 is 14.6 Å². The number of aromatic nitrogens is 2. The van der Waals surface area contributed by atoms with Gasteiger partial charge in [0, 0.05) is 29.8 Å². The molecular weight excluding hydrogens is 401 g/mol. The molecule has 0 saturated carbocycles. The summed E-state index contributed by atoms with van der Waals surface area (Å²) in [7, 11) is 3.13. The summed E-state index contributed by atoms with van der Waals surface area (Å²) in [5.74, 6) is -0.260. The molecule has 1 amide bonds. The van der Waals surface area contributed by atoms with Gasteiger partial charge in [0.15, 0.2) is 0 Å². The van der Waals surface area contributed by atoms with Crippen molar-refractivity contribution >= 4 is 48.9 Å². The van der Waals surface area contributed by atoms with Crippen LogP contribution in [0.1, 0.15) is 21.1 Å². The third-order valence-corrected chi connectivity index (χ3v) is 6.43. The van der Waals surface area contributed by atoms with Crippen molar-refractivity contribution in [2.75, 3.05) is 14.2 Å². The molecule has 4 rings (SSSR count). The summed E-state index contributed by atoms with van der Waals surface area (Å²) in [5.41, 5.74) is 0.917. The van der Waals surface area contributed by atoms with Crippen LogP contribution in [0.2, 0.25) is 0 Å². The summed E-state index contributed by atoms with van der Waals surface area (Å²) in [5, 5.41) is 2.21. The number of amides is 1. The normalized spacial score (nSPS) is 11.4. The molecule has 0 aliphatic carbocycles. The van der Waals surface area contributed by atoms with E-state index < -0.39 is 0 Å². The Labute approximate surface area is 167 Å². The third kappa shape index (κ3) is 3.21. The van der Waals surface area contributed by atoms with Crippen molar-refractivity contribution < 1.29 is 13.9 Å². The van der Waals surface area contributed by atoms with Gasteiger partial charge in [-0.1, -0.05) is 6.07 Å². The van der Waals surface area contributed by atoms with Crippen LogP contribution in [0.5, 0.6) is 0 Å². The number of hydrogen-bond acceptors (Lipinski definition) is 6. The predicted octanol–water partition coefficient (Wildman–Crippen LogP) is 3.76. The fourth-order valence-electron chi connectivity index (χ4n) is 3.09. The molecule has 0 fully saturated rings. The Hall–Kier alpha value is -2.62. The van der Waals surface area contributed by atoms with Crippen molar-refractivity contribution in [1.29, 1.82) is 0 Å².